The van der Waals surface area contributed by atoms with Gasteiger partial charge in [0.1, 0.15) is 24.5 Å². The van der Waals surface area contributed by atoms with Crippen molar-refractivity contribution in [3.63, 3.8) is 0 Å². The number of nitrogens with zero attached hydrogens (tertiary/aromatic N) is 3. The van der Waals surface area contributed by atoms with Gasteiger partial charge in [-0.25, -0.2) is 9.97 Å². The molecule has 2 heterocycles. The van der Waals surface area contributed by atoms with Crippen LogP contribution in [0.15, 0.2) is 36.8 Å². The summed E-state index contributed by atoms with van der Waals surface area (Å²) < 4.78 is 11.1. The molecule has 24 heavy (non-hydrogen) atoms. The van der Waals surface area contributed by atoms with Crippen molar-refractivity contribution >= 4 is 11.5 Å². The summed E-state index contributed by atoms with van der Waals surface area (Å²) in [6, 6.07) is 7.42. The van der Waals surface area contributed by atoms with Crippen molar-refractivity contribution in [2.75, 3.05) is 45.2 Å². The highest BCUT2D eigenvalue weighted by Gasteiger charge is 2.11. The summed E-state index contributed by atoms with van der Waals surface area (Å²) in [5, 5.41) is 8.23. The molecular weight excluding hydrogens is 306 g/mol. The smallest absolute Gasteiger partial charge is 0.136 e. The third-order valence-corrected chi connectivity index (χ3v) is 3.94. The van der Waals surface area contributed by atoms with E-state index in [2.05, 4.69) is 14.9 Å². The van der Waals surface area contributed by atoms with Gasteiger partial charge in [0.2, 0.25) is 0 Å². The molecule has 2 aromatic rings. The Bertz CT molecular complexity index is 684. The number of benzene rings is 1. The Morgan fingerprint density at radius 2 is 2.00 bits per heavy atom. The second-order valence-electron chi connectivity index (χ2n) is 5.52. The summed E-state index contributed by atoms with van der Waals surface area (Å²) >= 11 is 0. The SMILES string of the molecule is N=C(c1ccc(OCCN2CCOCC2)cc1)c1cncnc1N. The minimum atomic E-state index is 0.299. The summed E-state index contributed by atoms with van der Waals surface area (Å²) in [6.07, 6.45) is 2.93. The lowest BCUT2D eigenvalue weighted by Gasteiger charge is -2.26. The maximum absolute atomic E-state index is 8.23. The van der Waals surface area contributed by atoms with Gasteiger partial charge in [0.25, 0.3) is 0 Å². The van der Waals surface area contributed by atoms with Crippen molar-refractivity contribution in [2.45, 2.75) is 0 Å². The van der Waals surface area contributed by atoms with Gasteiger partial charge in [-0.3, -0.25) is 10.3 Å². The lowest BCUT2D eigenvalue weighted by atomic mass is 10.0. The predicted molar refractivity (Wildman–Crippen MR) is 91.6 cm³/mol. The first-order chi connectivity index (χ1) is 11.7. The molecule has 0 radical (unpaired) electrons. The van der Waals surface area contributed by atoms with Crippen LogP contribution in [-0.4, -0.2) is 60.0 Å². The number of hydrogen-bond acceptors (Lipinski definition) is 7. The molecule has 1 aromatic carbocycles. The maximum atomic E-state index is 8.23. The molecule has 126 valence electrons. The molecule has 3 N–H and O–H groups in total. The Hall–Kier alpha value is -2.51. The van der Waals surface area contributed by atoms with Crippen molar-refractivity contribution < 1.29 is 9.47 Å². The molecular formula is C17H21N5O2. The molecule has 0 aliphatic carbocycles. The summed E-state index contributed by atoms with van der Waals surface area (Å²) in [5.41, 5.74) is 7.37. The highest BCUT2D eigenvalue weighted by atomic mass is 16.5. The maximum Gasteiger partial charge on any atom is 0.136 e. The fourth-order valence-corrected chi connectivity index (χ4v) is 2.52. The lowest BCUT2D eigenvalue weighted by Crippen LogP contribution is -2.38. The van der Waals surface area contributed by atoms with Crippen LogP contribution in [0.5, 0.6) is 5.75 Å². The number of hydrogen-bond donors (Lipinski definition) is 2. The van der Waals surface area contributed by atoms with Gasteiger partial charge in [-0.15, -0.1) is 0 Å². The normalized spacial score (nSPS) is 15.2. The molecule has 1 fully saturated rings. The molecule has 0 unspecified atom stereocenters. The number of aromatic nitrogens is 2. The molecule has 7 nitrogen and oxygen atoms in total. The third-order valence-electron chi connectivity index (χ3n) is 3.94. The van der Waals surface area contributed by atoms with Gasteiger partial charge in [-0.05, 0) is 24.3 Å². The number of ether oxygens (including phenoxy) is 2. The minimum absolute atomic E-state index is 0.299. The Morgan fingerprint density at radius 1 is 1.25 bits per heavy atom. The Labute approximate surface area is 140 Å². The van der Waals surface area contributed by atoms with Crippen LogP contribution in [0.1, 0.15) is 11.1 Å². The molecule has 0 spiro atoms. The van der Waals surface area contributed by atoms with E-state index in [0.717, 1.165) is 44.2 Å². The fraction of sp³-hybridized carbons (Fsp3) is 0.353. The largest absolute Gasteiger partial charge is 0.492 e. The van der Waals surface area contributed by atoms with Crippen molar-refractivity contribution in [3.05, 3.63) is 47.9 Å². The highest BCUT2D eigenvalue weighted by molar-refractivity contribution is 6.13. The van der Waals surface area contributed by atoms with E-state index in [1.807, 2.05) is 24.3 Å². The molecule has 0 bridgehead atoms. The zero-order chi connectivity index (χ0) is 16.8. The standard InChI is InChI=1S/C17H21N5O2/c18-16(15-11-20-12-21-17(15)19)13-1-3-14(4-2-13)24-10-7-22-5-8-23-9-6-22/h1-4,11-12,18H,5-10H2,(H2,19,20,21). The van der Waals surface area contributed by atoms with Gasteiger partial charge in [-0.1, -0.05) is 0 Å². The van der Waals surface area contributed by atoms with Gasteiger partial charge < -0.3 is 15.2 Å². The van der Waals surface area contributed by atoms with E-state index < -0.39 is 0 Å². The average molecular weight is 327 g/mol. The number of morpholine rings is 1. The van der Waals surface area contributed by atoms with Crippen LogP contribution in [0.25, 0.3) is 0 Å². The highest BCUT2D eigenvalue weighted by Crippen LogP contribution is 2.17. The molecule has 7 heteroatoms. The van der Waals surface area contributed by atoms with Crippen LogP contribution < -0.4 is 10.5 Å². The van der Waals surface area contributed by atoms with Gasteiger partial charge >= 0.3 is 0 Å². The average Bonchev–Trinajstić information content (AvgIpc) is 2.63. The summed E-state index contributed by atoms with van der Waals surface area (Å²) in [7, 11) is 0. The zero-order valence-corrected chi connectivity index (χ0v) is 13.4. The Morgan fingerprint density at radius 3 is 2.71 bits per heavy atom. The first-order valence-electron chi connectivity index (χ1n) is 7.92. The van der Waals surface area contributed by atoms with Crippen LogP contribution in [-0.2, 0) is 4.74 Å². The predicted octanol–water partition coefficient (Wildman–Crippen LogP) is 1.19. The first-order valence-corrected chi connectivity index (χ1v) is 7.92. The van der Waals surface area contributed by atoms with Crippen LogP contribution >= 0.6 is 0 Å². The second kappa shape index (κ2) is 7.85. The van der Waals surface area contributed by atoms with Gasteiger partial charge in [-0.2, -0.15) is 0 Å². The van der Waals surface area contributed by atoms with Crippen molar-refractivity contribution in [2.24, 2.45) is 0 Å². The molecule has 1 saturated heterocycles. The van der Waals surface area contributed by atoms with E-state index >= 15 is 0 Å². The molecule has 1 aliphatic heterocycles. The summed E-state index contributed by atoms with van der Waals surface area (Å²) in [4.78, 5) is 10.2. The van der Waals surface area contributed by atoms with E-state index in [-0.39, 0.29) is 0 Å². The van der Waals surface area contributed by atoms with E-state index in [9.17, 15) is 0 Å². The molecule has 0 atom stereocenters. The number of rotatable bonds is 6. The van der Waals surface area contributed by atoms with E-state index in [0.29, 0.717) is 23.7 Å². The van der Waals surface area contributed by atoms with Crippen molar-refractivity contribution in [1.29, 1.82) is 5.41 Å². The lowest BCUT2D eigenvalue weighted by molar-refractivity contribution is 0.0322. The quantitative estimate of drug-likeness (QED) is 0.774. The zero-order valence-electron chi connectivity index (χ0n) is 13.4. The molecule has 0 amide bonds. The first kappa shape index (κ1) is 16.4. The van der Waals surface area contributed by atoms with Gasteiger partial charge in [0.05, 0.1) is 24.5 Å². The number of anilines is 1. The third kappa shape index (κ3) is 4.06. The molecule has 1 aromatic heterocycles. The van der Waals surface area contributed by atoms with Crippen LogP contribution in [0.4, 0.5) is 5.82 Å². The second-order valence-corrected chi connectivity index (χ2v) is 5.52. The number of nitrogens with one attached hydrogen (secondary N) is 1. The molecule has 1 aliphatic rings. The van der Waals surface area contributed by atoms with Crippen LogP contribution in [0, 0.1) is 5.41 Å². The van der Waals surface area contributed by atoms with E-state index in [1.54, 1.807) is 6.20 Å². The van der Waals surface area contributed by atoms with E-state index in [1.165, 1.54) is 6.33 Å². The van der Waals surface area contributed by atoms with Crippen LogP contribution in [0.2, 0.25) is 0 Å². The number of nitrogen functional groups attached to an aromatic ring is 1. The molecule has 3 rings (SSSR count). The monoisotopic (exact) mass is 327 g/mol. The van der Waals surface area contributed by atoms with E-state index in [4.69, 9.17) is 20.6 Å². The summed E-state index contributed by atoms with van der Waals surface area (Å²) in [5.74, 6) is 1.10. The van der Waals surface area contributed by atoms with Crippen LogP contribution in [0.3, 0.4) is 0 Å². The number of nitrogens with two attached hydrogens (primary N) is 1. The van der Waals surface area contributed by atoms with Gasteiger partial charge in [0, 0.05) is 31.4 Å². The van der Waals surface area contributed by atoms with Gasteiger partial charge in [0.15, 0.2) is 0 Å². The Balaban J connectivity index is 1.55. The fourth-order valence-electron chi connectivity index (χ4n) is 2.52. The van der Waals surface area contributed by atoms with Crippen molar-refractivity contribution in [3.8, 4) is 5.75 Å². The Kier molecular flexibility index (Phi) is 5.35. The minimum Gasteiger partial charge on any atom is -0.492 e. The molecule has 0 saturated carbocycles. The topological polar surface area (TPSA) is 97.3 Å². The summed E-state index contributed by atoms with van der Waals surface area (Å²) in [6.45, 7) is 5.03. The van der Waals surface area contributed by atoms with Crippen molar-refractivity contribution in [1.82, 2.24) is 14.9 Å².